The molecule has 0 bridgehead atoms. The van der Waals surface area contributed by atoms with Crippen molar-refractivity contribution in [3.63, 3.8) is 0 Å². The standard InChI is InChI=1S/C8H5ClN2O/c9-6-1-7-3-10-5-11(7)8(2-6)4-12/h1-5H. The molecule has 0 N–H and O–H groups in total. The number of fused-ring (bicyclic) bond motifs is 1. The highest BCUT2D eigenvalue weighted by molar-refractivity contribution is 6.31. The van der Waals surface area contributed by atoms with Crippen LogP contribution in [0.1, 0.15) is 10.5 Å². The van der Waals surface area contributed by atoms with Gasteiger partial charge in [0.1, 0.15) is 0 Å². The summed E-state index contributed by atoms with van der Waals surface area (Å²) >= 11 is 5.76. The quantitative estimate of drug-likeness (QED) is 0.628. The van der Waals surface area contributed by atoms with E-state index < -0.39 is 0 Å². The molecule has 0 radical (unpaired) electrons. The highest BCUT2D eigenvalue weighted by Gasteiger charge is 2.00. The van der Waals surface area contributed by atoms with Crippen molar-refractivity contribution >= 4 is 23.4 Å². The highest BCUT2D eigenvalue weighted by atomic mass is 35.5. The lowest BCUT2D eigenvalue weighted by atomic mass is 10.3. The predicted molar refractivity (Wildman–Crippen MR) is 45.6 cm³/mol. The van der Waals surface area contributed by atoms with E-state index in [1.807, 2.05) is 0 Å². The van der Waals surface area contributed by atoms with Crippen LogP contribution in [0.15, 0.2) is 24.7 Å². The van der Waals surface area contributed by atoms with Gasteiger partial charge in [-0.3, -0.25) is 9.20 Å². The Balaban J connectivity index is 2.88. The molecule has 2 heterocycles. The fourth-order valence-corrected chi connectivity index (χ4v) is 1.34. The van der Waals surface area contributed by atoms with E-state index in [0.717, 1.165) is 11.8 Å². The van der Waals surface area contributed by atoms with Crippen molar-refractivity contribution in [3.05, 3.63) is 35.4 Å². The third-order valence-corrected chi connectivity index (χ3v) is 1.86. The second-order valence-electron chi connectivity index (χ2n) is 2.40. The summed E-state index contributed by atoms with van der Waals surface area (Å²) in [5.41, 5.74) is 1.33. The molecule has 0 amide bonds. The van der Waals surface area contributed by atoms with E-state index in [1.165, 1.54) is 0 Å². The van der Waals surface area contributed by atoms with Gasteiger partial charge >= 0.3 is 0 Å². The van der Waals surface area contributed by atoms with Gasteiger partial charge in [-0.2, -0.15) is 0 Å². The van der Waals surface area contributed by atoms with E-state index in [4.69, 9.17) is 11.6 Å². The Kier molecular flexibility index (Phi) is 1.59. The van der Waals surface area contributed by atoms with Crippen LogP contribution in [0.3, 0.4) is 0 Å². The molecule has 0 aliphatic rings. The minimum atomic E-state index is 0.509. The lowest BCUT2D eigenvalue weighted by Gasteiger charge is -1.97. The van der Waals surface area contributed by atoms with E-state index in [1.54, 1.807) is 29.1 Å². The van der Waals surface area contributed by atoms with Crippen LogP contribution < -0.4 is 0 Å². The largest absolute Gasteiger partial charge is 0.296 e. The Bertz CT molecular complexity index is 436. The molecule has 4 heteroatoms. The van der Waals surface area contributed by atoms with Crippen LogP contribution in [-0.2, 0) is 0 Å². The van der Waals surface area contributed by atoms with Gasteiger partial charge in [-0.25, -0.2) is 4.98 Å². The SMILES string of the molecule is O=Cc1cc(Cl)cc2cncn12. The molecule has 0 unspecified atom stereocenters. The predicted octanol–water partition coefficient (Wildman–Crippen LogP) is 1.80. The van der Waals surface area contributed by atoms with Crippen LogP contribution in [0.5, 0.6) is 0 Å². The van der Waals surface area contributed by atoms with Crippen molar-refractivity contribution < 1.29 is 4.79 Å². The summed E-state index contributed by atoms with van der Waals surface area (Å²) in [5, 5.41) is 0.546. The Morgan fingerprint density at radius 1 is 1.50 bits per heavy atom. The summed E-state index contributed by atoms with van der Waals surface area (Å²) in [4.78, 5) is 14.5. The van der Waals surface area contributed by atoms with Crippen LogP contribution in [0, 0.1) is 0 Å². The maximum atomic E-state index is 10.6. The van der Waals surface area contributed by atoms with Crippen molar-refractivity contribution in [2.75, 3.05) is 0 Å². The second-order valence-corrected chi connectivity index (χ2v) is 2.84. The zero-order valence-electron chi connectivity index (χ0n) is 6.07. The molecule has 0 fully saturated rings. The molecule has 3 nitrogen and oxygen atoms in total. The molecule has 2 aromatic rings. The third-order valence-electron chi connectivity index (χ3n) is 1.64. The van der Waals surface area contributed by atoms with Crippen LogP contribution in [0.25, 0.3) is 5.52 Å². The summed E-state index contributed by atoms with van der Waals surface area (Å²) in [6, 6.07) is 3.35. The first-order chi connectivity index (χ1) is 5.81. The highest BCUT2D eigenvalue weighted by Crippen LogP contribution is 2.14. The van der Waals surface area contributed by atoms with E-state index >= 15 is 0 Å². The molecule has 60 valence electrons. The maximum absolute atomic E-state index is 10.6. The molecule has 0 atom stereocenters. The van der Waals surface area contributed by atoms with Crippen LogP contribution >= 0.6 is 11.6 Å². The molecule has 12 heavy (non-hydrogen) atoms. The molecule has 0 aliphatic carbocycles. The number of aromatic nitrogens is 2. The van der Waals surface area contributed by atoms with Gasteiger partial charge in [0.2, 0.25) is 0 Å². The lowest BCUT2D eigenvalue weighted by Crippen LogP contribution is -1.92. The smallest absolute Gasteiger partial charge is 0.166 e. The number of carbonyl (C=O) groups excluding carboxylic acids is 1. The molecule has 0 spiro atoms. The monoisotopic (exact) mass is 180 g/mol. The Morgan fingerprint density at radius 3 is 3.08 bits per heavy atom. The van der Waals surface area contributed by atoms with Crippen molar-refractivity contribution in [2.24, 2.45) is 0 Å². The van der Waals surface area contributed by atoms with E-state index in [0.29, 0.717) is 10.7 Å². The number of hydrogen-bond acceptors (Lipinski definition) is 2. The fourth-order valence-electron chi connectivity index (χ4n) is 1.11. The van der Waals surface area contributed by atoms with Crippen LogP contribution in [-0.4, -0.2) is 15.7 Å². The molecule has 0 saturated carbocycles. The number of carbonyl (C=O) groups is 1. The van der Waals surface area contributed by atoms with Crippen LogP contribution in [0.4, 0.5) is 0 Å². The molecule has 0 aromatic carbocycles. The van der Waals surface area contributed by atoms with Crippen molar-refractivity contribution in [3.8, 4) is 0 Å². The van der Waals surface area contributed by atoms with Gasteiger partial charge in [-0.05, 0) is 12.1 Å². The zero-order chi connectivity index (χ0) is 8.55. The molecule has 0 saturated heterocycles. The first-order valence-corrected chi connectivity index (χ1v) is 3.76. The molecule has 0 aliphatic heterocycles. The van der Waals surface area contributed by atoms with E-state index in [-0.39, 0.29) is 0 Å². The second kappa shape index (κ2) is 2.60. The average molecular weight is 181 g/mol. The number of hydrogen-bond donors (Lipinski definition) is 0. The lowest BCUT2D eigenvalue weighted by molar-refractivity contribution is 0.111. The van der Waals surface area contributed by atoms with Gasteiger partial charge in [0.25, 0.3) is 0 Å². The van der Waals surface area contributed by atoms with Crippen molar-refractivity contribution in [1.82, 2.24) is 9.38 Å². The summed E-state index contributed by atoms with van der Waals surface area (Å²) in [7, 11) is 0. The van der Waals surface area contributed by atoms with Gasteiger partial charge in [0.15, 0.2) is 6.29 Å². The third kappa shape index (κ3) is 0.987. The average Bonchev–Trinajstić information content (AvgIpc) is 2.50. The number of imidazole rings is 1. The first-order valence-electron chi connectivity index (χ1n) is 3.38. The number of aldehydes is 1. The molecule has 2 rings (SSSR count). The Hall–Kier alpha value is -1.35. The maximum Gasteiger partial charge on any atom is 0.166 e. The van der Waals surface area contributed by atoms with Gasteiger partial charge in [0, 0.05) is 5.02 Å². The number of halogens is 1. The number of nitrogens with zero attached hydrogens (tertiary/aromatic N) is 2. The van der Waals surface area contributed by atoms with Gasteiger partial charge in [-0.1, -0.05) is 11.6 Å². The Morgan fingerprint density at radius 2 is 2.33 bits per heavy atom. The van der Waals surface area contributed by atoms with E-state index in [9.17, 15) is 4.79 Å². The van der Waals surface area contributed by atoms with Gasteiger partial charge < -0.3 is 0 Å². The zero-order valence-corrected chi connectivity index (χ0v) is 6.82. The number of rotatable bonds is 1. The molecular weight excluding hydrogens is 176 g/mol. The topological polar surface area (TPSA) is 34.4 Å². The molecular formula is C8H5ClN2O. The Labute approximate surface area is 73.6 Å². The summed E-state index contributed by atoms with van der Waals surface area (Å²) in [5.74, 6) is 0. The minimum Gasteiger partial charge on any atom is -0.296 e. The van der Waals surface area contributed by atoms with Gasteiger partial charge in [-0.15, -0.1) is 0 Å². The number of pyridine rings is 1. The van der Waals surface area contributed by atoms with E-state index in [2.05, 4.69) is 4.98 Å². The normalized spacial score (nSPS) is 10.4. The van der Waals surface area contributed by atoms with Crippen LogP contribution in [0.2, 0.25) is 5.02 Å². The summed E-state index contributed by atoms with van der Waals surface area (Å²) in [6.07, 6.45) is 3.98. The van der Waals surface area contributed by atoms with Crippen molar-refractivity contribution in [2.45, 2.75) is 0 Å². The first kappa shape index (κ1) is 7.31. The minimum absolute atomic E-state index is 0.509. The van der Waals surface area contributed by atoms with Crippen molar-refractivity contribution in [1.29, 1.82) is 0 Å². The molecule has 2 aromatic heterocycles. The van der Waals surface area contributed by atoms with Gasteiger partial charge in [0.05, 0.1) is 23.7 Å². The summed E-state index contributed by atoms with van der Waals surface area (Å²) < 4.78 is 1.68. The summed E-state index contributed by atoms with van der Waals surface area (Å²) in [6.45, 7) is 0. The fraction of sp³-hybridized carbons (Fsp3) is 0.